The number of amides is 1. The van der Waals surface area contributed by atoms with E-state index in [2.05, 4.69) is 5.32 Å². The van der Waals surface area contributed by atoms with Crippen molar-refractivity contribution in [3.8, 4) is 0 Å². The van der Waals surface area contributed by atoms with Gasteiger partial charge in [0, 0.05) is 12.8 Å². The van der Waals surface area contributed by atoms with E-state index in [4.69, 9.17) is 0 Å². The van der Waals surface area contributed by atoms with Crippen molar-refractivity contribution < 1.29 is 14.4 Å². The van der Waals surface area contributed by atoms with Gasteiger partial charge in [-0.2, -0.15) is 0 Å². The molecule has 4 heteroatoms. The van der Waals surface area contributed by atoms with Gasteiger partial charge in [0.25, 0.3) is 0 Å². The van der Waals surface area contributed by atoms with Gasteiger partial charge in [0.2, 0.25) is 5.91 Å². The highest BCUT2D eigenvalue weighted by Crippen LogP contribution is 2.16. The van der Waals surface area contributed by atoms with Crippen LogP contribution in [0, 0.1) is 0 Å². The van der Waals surface area contributed by atoms with Crippen LogP contribution in [-0.2, 0) is 14.4 Å². The molecule has 4 nitrogen and oxygen atoms in total. The monoisotopic (exact) mass is 233 g/mol. The Morgan fingerprint density at radius 2 is 2.12 bits per heavy atom. The molecule has 1 unspecified atom stereocenters. The van der Waals surface area contributed by atoms with Crippen molar-refractivity contribution >= 4 is 17.5 Å². The van der Waals surface area contributed by atoms with E-state index in [1.54, 1.807) is 18.2 Å². The highest BCUT2D eigenvalue weighted by molar-refractivity contribution is 6.23. The molecule has 0 radical (unpaired) electrons. The Kier molecular flexibility index (Phi) is 3.52. The molecule has 0 aromatic heterocycles. The minimum atomic E-state index is -0.522. The summed E-state index contributed by atoms with van der Waals surface area (Å²) in [7, 11) is 0. The third-order valence-corrected chi connectivity index (χ3v) is 3.07. The maximum Gasteiger partial charge on any atom is 0.220 e. The fourth-order valence-electron chi connectivity index (χ4n) is 2.12. The summed E-state index contributed by atoms with van der Waals surface area (Å²) in [5, 5.41) is 2.69. The summed E-state index contributed by atoms with van der Waals surface area (Å²) in [4.78, 5) is 35.1. The number of ketones is 2. The van der Waals surface area contributed by atoms with Gasteiger partial charge in [0.1, 0.15) is 0 Å². The van der Waals surface area contributed by atoms with E-state index < -0.39 is 6.04 Å². The number of hydrogen-bond donors (Lipinski definition) is 1. The smallest absolute Gasteiger partial charge is 0.220 e. The lowest BCUT2D eigenvalue weighted by Gasteiger charge is -2.16. The number of rotatable bonds is 2. The summed E-state index contributed by atoms with van der Waals surface area (Å²) in [6, 6.07) is -0.522. The standard InChI is InChI=1S/C13H15NO3/c15-11-7-3-1-5-9(11)13(17)10-6-2-4-8-12(16)14-10/h1,3,5,10H,2,4,6-8H2,(H,14,16). The van der Waals surface area contributed by atoms with Crippen LogP contribution in [0.5, 0.6) is 0 Å². The Morgan fingerprint density at radius 1 is 1.29 bits per heavy atom. The average Bonchev–Trinajstić information content (AvgIpc) is 2.54. The fourth-order valence-corrected chi connectivity index (χ4v) is 2.12. The zero-order valence-corrected chi connectivity index (χ0v) is 9.57. The van der Waals surface area contributed by atoms with Crippen molar-refractivity contribution in [2.24, 2.45) is 0 Å². The second-order valence-corrected chi connectivity index (χ2v) is 4.37. The van der Waals surface area contributed by atoms with Crippen molar-refractivity contribution in [3.05, 3.63) is 23.8 Å². The van der Waals surface area contributed by atoms with Crippen molar-refractivity contribution in [3.63, 3.8) is 0 Å². The third kappa shape index (κ3) is 2.70. The molecule has 2 rings (SSSR count). The number of Topliss-reactive ketones (excluding diaryl/α,β-unsaturated/α-hetero) is 2. The van der Waals surface area contributed by atoms with Gasteiger partial charge in [0.05, 0.1) is 11.6 Å². The first kappa shape index (κ1) is 11.8. The first-order valence-electron chi connectivity index (χ1n) is 5.92. The highest BCUT2D eigenvalue weighted by Gasteiger charge is 2.28. The quantitative estimate of drug-likeness (QED) is 0.726. The number of carbonyl (C=O) groups is 3. The van der Waals surface area contributed by atoms with E-state index in [9.17, 15) is 14.4 Å². The Balaban J connectivity index is 2.13. The molecule has 1 saturated heterocycles. The van der Waals surface area contributed by atoms with Gasteiger partial charge >= 0.3 is 0 Å². The summed E-state index contributed by atoms with van der Waals surface area (Å²) in [5.74, 6) is -0.495. The number of allylic oxidation sites excluding steroid dienone is 3. The Labute approximate surface area is 99.8 Å². The van der Waals surface area contributed by atoms with E-state index in [1.165, 1.54) is 0 Å². The zero-order chi connectivity index (χ0) is 12.3. The second-order valence-electron chi connectivity index (χ2n) is 4.37. The van der Waals surface area contributed by atoms with Gasteiger partial charge in [-0.05, 0) is 18.9 Å². The lowest BCUT2D eigenvalue weighted by Crippen LogP contribution is -2.41. The number of nitrogens with one attached hydrogen (secondary N) is 1. The molecule has 1 fully saturated rings. The van der Waals surface area contributed by atoms with Crippen LogP contribution >= 0.6 is 0 Å². The largest absolute Gasteiger partial charge is 0.346 e. The first-order valence-corrected chi connectivity index (χ1v) is 5.92. The summed E-state index contributed by atoms with van der Waals surface area (Å²) < 4.78 is 0. The zero-order valence-electron chi connectivity index (χ0n) is 9.57. The molecular formula is C13H15NO3. The molecule has 2 aliphatic rings. The molecule has 0 spiro atoms. The molecule has 1 amide bonds. The van der Waals surface area contributed by atoms with Gasteiger partial charge in [-0.1, -0.05) is 18.6 Å². The predicted molar refractivity (Wildman–Crippen MR) is 62.3 cm³/mol. The molecular weight excluding hydrogens is 218 g/mol. The fraction of sp³-hybridized carbons (Fsp3) is 0.462. The minimum absolute atomic E-state index is 0.0970. The van der Waals surface area contributed by atoms with Crippen LogP contribution in [0.15, 0.2) is 23.8 Å². The summed E-state index contributed by atoms with van der Waals surface area (Å²) >= 11 is 0. The van der Waals surface area contributed by atoms with Crippen molar-refractivity contribution in [2.45, 2.75) is 38.1 Å². The molecule has 1 aliphatic heterocycles. The minimum Gasteiger partial charge on any atom is -0.346 e. The van der Waals surface area contributed by atoms with Crippen LogP contribution in [-0.4, -0.2) is 23.5 Å². The Hall–Kier alpha value is -1.71. The van der Waals surface area contributed by atoms with E-state index in [0.717, 1.165) is 12.8 Å². The third-order valence-electron chi connectivity index (χ3n) is 3.07. The molecule has 1 heterocycles. The number of hydrogen-bond acceptors (Lipinski definition) is 3. The van der Waals surface area contributed by atoms with Crippen LogP contribution in [0.3, 0.4) is 0 Å². The van der Waals surface area contributed by atoms with E-state index in [1.807, 2.05) is 0 Å². The van der Waals surface area contributed by atoms with Gasteiger partial charge in [0.15, 0.2) is 11.6 Å². The van der Waals surface area contributed by atoms with E-state index in [0.29, 0.717) is 12.8 Å². The molecule has 0 aromatic rings. The maximum absolute atomic E-state index is 12.1. The van der Waals surface area contributed by atoms with E-state index >= 15 is 0 Å². The van der Waals surface area contributed by atoms with Crippen molar-refractivity contribution in [1.29, 1.82) is 0 Å². The molecule has 90 valence electrons. The molecule has 1 aliphatic carbocycles. The average molecular weight is 233 g/mol. The van der Waals surface area contributed by atoms with Crippen LogP contribution < -0.4 is 5.32 Å². The second kappa shape index (κ2) is 5.08. The van der Waals surface area contributed by atoms with Crippen LogP contribution in [0.4, 0.5) is 0 Å². The van der Waals surface area contributed by atoms with Crippen LogP contribution in [0.25, 0.3) is 0 Å². The lowest BCUT2D eigenvalue weighted by atomic mass is 9.93. The summed E-state index contributed by atoms with van der Waals surface area (Å²) in [5.41, 5.74) is 0.222. The molecule has 0 saturated carbocycles. The predicted octanol–water partition coefficient (Wildman–Crippen LogP) is 1.07. The first-order chi connectivity index (χ1) is 8.18. The van der Waals surface area contributed by atoms with E-state index in [-0.39, 0.29) is 29.5 Å². The molecule has 17 heavy (non-hydrogen) atoms. The van der Waals surface area contributed by atoms with Crippen molar-refractivity contribution in [2.75, 3.05) is 0 Å². The molecule has 0 aromatic carbocycles. The summed E-state index contributed by atoms with van der Waals surface area (Å²) in [6.07, 6.45) is 8.01. The van der Waals surface area contributed by atoms with Gasteiger partial charge in [-0.15, -0.1) is 0 Å². The van der Waals surface area contributed by atoms with Crippen LogP contribution in [0.2, 0.25) is 0 Å². The Morgan fingerprint density at radius 3 is 2.88 bits per heavy atom. The molecule has 0 bridgehead atoms. The topological polar surface area (TPSA) is 63.2 Å². The lowest BCUT2D eigenvalue weighted by molar-refractivity contribution is -0.127. The summed E-state index contributed by atoms with van der Waals surface area (Å²) in [6.45, 7) is 0. The van der Waals surface area contributed by atoms with Crippen molar-refractivity contribution in [1.82, 2.24) is 5.32 Å². The molecule has 1 N–H and O–H groups in total. The Bertz CT molecular complexity index is 420. The van der Waals surface area contributed by atoms with Gasteiger partial charge < -0.3 is 5.32 Å². The van der Waals surface area contributed by atoms with Gasteiger partial charge in [-0.25, -0.2) is 0 Å². The molecule has 1 atom stereocenters. The van der Waals surface area contributed by atoms with Crippen LogP contribution in [0.1, 0.15) is 32.1 Å². The van der Waals surface area contributed by atoms with Gasteiger partial charge in [-0.3, -0.25) is 14.4 Å². The maximum atomic E-state index is 12.1. The SMILES string of the molecule is O=C1CCCCC(C(=O)C2=CC=CCC2=O)N1. The number of carbonyl (C=O) groups excluding carboxylic acids is 3. The highest BCUT2D eigenvalue weighted by atomic mass is 16.2. The normalized spacial score (nSPS) is 24.9.